The number of carbonyl (C=O) groups excluding carboxylic acids is 1. The van der Waals surface area contributed by atoms with Gasteiger partial charge in [-0.3, -0.25) is 4.79 Å². The molecule has 5 nitrogen and oxygen atoms in total. The fourth-order valence-corrected chi connectivity index (χ4v) is 2.27. The van der Waals surface area contributed by atoms with Gasteiger partial charge < -0.3 is 4.98 Å². The van der Waals surface area contributed by atoms with Crippen LogP contribution in [0.25, 0.3) is 0 Å². The number of hydrogen-bond acceptors (Lipinski definition) is 5. The van der Waals surface area contributed by atoms with Crippen molar-refractivity contribution in [3.63, 3.8) is 0 Å². The van der Waals surface area contributed by atoms with Crippen LogP contribution in [0.15, 0.2) is 22.6 Å². The van der Waals surface area contributed by atoms with Crippen LogP contribution in [0.4, 0.5) is 0 Å². The maximum absolute atomic E-state index is 10.9. The molecule has 0 unspecified atom stereocenters. The molecule has 0 bridgehead atoms. The van der Waals surface area contributed by atoms with Crippen molar-refractivity contribution < 1.29 is 4.79 Å². The summed E-state index contributed by atoms with van der Waals surface area (Å²) < 4.78 is 0. The van der Waals surface area contributed by atoms with Crippen LogP contribution in [0.2, 0.25) is 5.15 Å². The molecule has 1 N–H and O–H groups in total. The number of nitrogens with one attached hydrogen (secondary N) is 1. The quantitative estimate of drug-likeness (QED) is 0.671. The zero-order chi connectivity index (χ0) is 11.5. The first-order valence-corrected chi connectivity index (χ1v) is 5.56. The lowest BCUT2D eigenvalue weighted by Crippen LogP contribution is -1.98. The van der Waals surface area contributed by atoms with Crippen LogP contribution in [0.1, 0.15) is 16.2 Å². The Morgan fingerprint density at radius 2 is 2.31 bits per heavy atom. The van der Waals surface area contributed by atoms with Crippen LogP contribution in [0.5, 0.6) is 0 Å². The van der Waals surface area contributed by atoms with E-state index >= 15 is 0 Å². The van der Waals surface area contributed by atoms with Gasteiger partial charge in [-0.1, -0.05) is 11.6 Å². The second kappa shape index (κ2) is 4.63. The van der Waals surface area contributed by atoms with E-state index in [1.807, 2.05) is 0 Å². The number of H-pyrrole nitrogens is 1. The lowest BCUT2D eigenvalue weighted by atomic mass is 10.4. The maximum atomic E-state index is 10.9. The predicted molar refractivity (Wildman–Crippen MR) is 59.9 cm³/mol. The summed E-state index contributed by atoms with van der Waals surface area (Å²) in [6.45, 7) is 1.71. The maximum Gasteiger partial charge on any atom is 0.171 e. The number of imidazole rings is 1. The Morgan fingerprint density at radius 1 is 1.50 bits per heavy atom. The van der Waals surface area contributed by atoms with Crippen LogP contribution < -0.4 is 0 Å². The molecule has 2 aromatic rings. The van der Waals surface area contributed by atoms with E-state index in [0.29, 0.717) is 22.3 Å². The molecule has 0 amide bonds. The Labute approximate surface area is 101 Å². The molecule has 0 fully saturated rings. The first-order chi connectivity index (χ1) is 7.70. The van der Waals surface area contributed by atoms with Crippen molar-refractivity contribution in [2.75, 3.05) is 0 Å². The molecule has 2 aromatic heterocycles. The number of halogens is 1. The van der Waals surface area contributed by atoms with Crippen molar-refractivity contribution in [2.45, 2.75) is 17.1 Å². The van der Waals surface area contributed by atoms with Gasteiger partial charge in [0.1, 0.15) is 16.0 Å². The van der Waals surface area contributed by atoms with Crippen LogP contribution in [0, 0.1) is 6.92 Å². The van der Waals surface area contributed by atoms with Crippen LogP contribution >= 0.6 is 23.4 Å². The molecular weight excluding hydrogens is 248 g/mol. The first-order valence-electron chi connectivity index (χ1n) is 4.37. The fraction of sp³-hybridized carbons (Fsp3) is 0.111. The molecule has 0 aliphatic rings. The third-order valence-corrected chi connectivity index (χ3v) is 2.97. The second-order valence-electron chi connectivity index (χ2n) is 2.89. The minimum absolute atomic E-state index is 0.163. The van der Waals surface area contributed by atoms with Crippen molar-refractivity contribution in [2.24, 2.45) is 0 Å². The largest absolute Gasteiger partial charge is 0.339 e. The molecule has 82 valence electrons. The summed E-state index contributed by atoms with van der Waals surface area (Å²) in [5.74, 6) is 0.518. The number of carbonyl (C=O) groups is 1. The van der Waals surface area contributed by atoms with Crippen LogP contribution in [-0.4, -0.2) is 26.2 Å². The molecule has 2 rings (SSSR count). The normalized spacial score (nSPS) is 10.4. The summed E-state index contributed by atoms with van der Waals surface area (Å²) in [6.07, 6.45) is 3.96. The summed E-state index contributed by atoms with van der Waals surface area (Å²) >= 11 is 7.09. The highest BCUT2D eigenvalue weighted by molar-refractivity contribution is 7.99. The van der Waals surface area contributed by atoms with E-state index in [1.54, 1.807) is 19.3 Å². The Kier molecular flexibility index (Phi) is 3.21. The molecule has 0 radical (unpaired) electrons. The van der Waals surface area contributed by atoms with Crippen LogP contribution in [0.3, 0.4) is 0 Å². The summed E-state index contributed by atoms with van der Waals surface area (Å²) in [4.78, 5) is 25.9. The number of aldehydes is 1. The Hall–Kier alpha value is -1.40. The highest BCUT2D eigenvalue weighted by Gasteiger charge is 2.13. The molecule has 0 aromatic carbocycles. The molecule has 0 saturated carbocycles. The number of nitrogens with zero attached hydrogens (tertiary/aromatic N) is 3. The molecule has 0 saturated heterocycles. The zero-order valence-electron chi connectivity index (χ0n) is 8.27. The Bertz CT molecular complexity index is 514. The van der Waals surface area contributed by atoms with Gasteiger partial charge in [0.05, 0.1) is 5.56 Å². The molecule has 0 aliphatic carbocycles. The van der Waals surface area contributed by atoms with E-state index in [-0.39, 0.29) is 10.7 Å². The average Bonchev–Trinajstić information content (AvgIpc) is 2.70. The molecule has 2 heterocycles. The summed E-state index contributed by atoms with van der Waals surface area (Å²) in [6, 6.07) is 0. The minimum atomic E-state index is 0.163. The van der Waals surface area contributed by atoms with Gasteiger partial charge in [0.2, 0.25) is 0 Å². The molecule has 0 spiro atoms. The monoisotopic (exact) mass is 254 g/mol. The van der Waals surface area contributed by atoms with Crippen LogP contribution in [-0.2, 0) is 0 Å². The first kappa shape index (κ1) is 11.1. The van der Waals surface area contributed by atoms with E-state index in [1.165, 1.54) is 11.8 Å². The highest BCUT2D eigenvalue weighted by Crippen LogP contribution is 2.28. The van der Waals surface area contributed by atoms with Gasteiger partial charge in [0.15, 0.2) is 11.4 Å². The zero-order valence-corrected chi connectivity index (χ0v) is 9.84. The summed E-state index contributed by atoms with van der Waals surface area (Å²) in [5.41, 5.74) is 0.286. The highest BCUT2D eigenvalue weighted by atomic mass is 35.5. The molecular formula is C9H7ClN4OS. The average molecular weight is 255 g/mol. The van der Waals surface area contributed by atoms with E-state index in [0.717, 1.165) is 0 Å². The van der Waals surface area contributed by atoms with Gasteiger partial charge in [-0.05, 0) is 18.7 Å². The van der Waals surface area contributed by atoms with Crippen molar-refractivity contribution in [3.8, 4) is 0 Å². The van der Waals surface area contributed by atoms with Crippen molar-refractivity contribution in [3.05, 3.63) is 28.9 Å². The van der Waals surface area contributed by atoms with Gasteiger partial charge in [-0.25, -0.2) is 15.0 Å². The molecule has 16 heavy (non-hydrogen) atoms. The van der Waals surface area contributed by atoms with Crippen molar-refractivity contribution in [1.29, 1.82) is 0 Å². The summed E-state index contributed by atoms with van der Waals surface area (Å²) in [7, 11) is 0. The second-order valence-corrected chi connectivity index (χ2v) is 4.23. The summed E-state index contributed by atoms with van der Waals surface area (Å²) in [5, 5.41) is 1.32. The Balaban J connectivity index is 2.43. The smallest absolute Gasteiger partial charge is 0.171 e. The lowest BCUT2D eigenvalue weighted by Gasteiger charge is -2.03. The topological polar surface area (TPSA) is 71.5 Å². The third kappa shape index (κ3) is 2.23. The number of aromatic amines is 1. The van der Waals surface area contributed by atoms with Crippen molar-refractivity contribution >= 4 is 29.6 Å². The standard InChI is InChI=1S/C9H7ClN4OS/c1-5-13-7(10)6(4-15)8(14-5)16-9-11-2-3-12-9/h2-4H,1H3,(H,11,12). The number of aryl methyl sites for hydroxylation is 1. The van der Waals surface area contributed by atoms with E-state index < -0.39 is 0 Å². The third-order valence-electron chi connectivity index (χ3n) is 1.76. The van der Waals surface area contributed by atoms with Gasteiger partial charge in [-0.2, -0.15) is 0 Å². The van der Waals surface area contributed by atoms with Gasteiger partial charge in [0.25, 0.3) is 0 Å². The molecule has 0 atom stereocenters. The van der Waals surface area contributed by atoms with Gasteiger partial charge >= 0.3 is 0 Å². The van der Waals surface area contributed by atoms with E-state index in [4.69, 9.17) is 11.6 Å². The Morgan fingerprint density at radius 3 is 2.94 bits per heavy atom. The predicted octanol–water partition coefficient (Wildman–Crippen LogP) is 2.13. The van der Waals surface area contributed by atoms with Crippen molar-refractivity contribution in [1.82, 2.24) is 19.9 Å². The molecule has 7 heteroatoms. The number of hydrogen-bond donors (Lipinski definition) is 1. The molecule has 0 aliphatic heterocycles. The number of rotatable bonds is 3. The SMILES string of the molecule is Cc1nc(Cl)c(C=O)c(Sc2ncc[nH]2)n1. The lowest BCUT2D eigenvalue weighted by molar-refractivity contribution is 0.112. The number of aromatic nitrogens is 4. The van der Waals surface area contributed by atoms with Gasteiger partial charge in [0, 0.05) is 12.4 Å². The fourth-order valence-electron chi connectivity index (χ4n) is 1.10. The minimum Gasteiger partial charge on any atom is -0.339 e. The van der Waals surface area contributed by atoms with Gasteiger partial charge in [-0.15, -0.1) is 0 Å². The van der Waals surface area contributed by atoms with E-state index in [9.17, 15) is 4.79 Å². The van der Waals surface area contributed by atoms with E-state index in [2.05, 4.69) is 19.9 Å².